The van der Waals surface area contributed by atoms with Crippen molar-refractivity contribution in [3.63, 3.8) is 0 Å². The largest absolute Gasteiger partial charge is 0.481 e. The molecule has 0 aromatic carbocycles. The number of carbonyl (C=O) groups is 1. The second-order valence-corrected chi connectivity index (χ2v) is 4.41. The van der Waals surface area contributed by atoms with Crippen LogP contribution in [0.3, 0.4) is 0 Å². The summed E-state index contributed by atoms with van der Waals surface area (Å²) in [5.74, 6) is -1.01. The standard InChI is InChI=1S/C9H10ClN3O4/c10-5-2-13(8(17)12-7(5)16)9(1-6(14)15)3-11-4-9/h2,11H,1,3-4H2,(H,14,15)(H,12,16,17). The average molecular weight is 260 g/mol. The lowest BCUT2D eigenvalue weighted by Crippen LogP contribution is -2.64. The molecule has 0 spiro atoms. The number of carboxylic acid groups (broad SMARTS) is 1. The van der Waals surface area contributed by atoms with E-state index in [0.29, 0.717) is 13.1 Å². The van der Waals surface area contributed by atoms with E-state index < -0.39 is 22.8 Å². The van der Waals surface area contributed by atoms with Gasteiger partial charge >= 0.3 is 11.7 Å². The Kier molecular flexibility index (Phi) is 2.80. The normalized spacial score (nSPS) is 17.5. The van der Waals surface area contributed by atoms with E-state index in [-0.39, 0.29) is 11.4 Å². The number of H-pyrrole nitrogens is 1. The van der Waals surface area contributed by atoms with Gasteiger partial charge in [-0.15, -0.1) is 0 Å². The molecule has 7 nitrogen and oxygen atoms in total. The lowest BCUT2D eigenvalue weighted by Gasteiger charge is -2.42. The van der Waals surface area contributed by atoms with Gasteiger partial charge in [0.2, 0.25) is 0 Å². The maximum atomic E-state index is 11.6. The maximum absolute atomic E-state index is 11.6. The van der Waals surface area contributed by atoms with Crippen LogP contribution < -0.4 is 16.6 Å². The summed E-state index contributed by atoms with van der Waals surface area (Å²) in [6, 6.07) is 0. The van der Waals surface area contributed by atoms with Gasteiger partial charge in [-0.3, -0.25) is 19.1 Å². The molecule has 1 aromatic heterocycles. The van der Waals surface area contributed by atoms with Crippen molar-refractivity contribution >= 4 is 17.6 Å². The monoisotopic (exact) mass is 259 g/mol. The van der Waals surface area contributed by atoms with E-state index >= 15 is 0 Å². The van der Waals surface area contributed by atoms with Crippen LogP contribution in [0.15, 0.2) is 15.8 Å². The minimum atomic E-state index is -1.01. The maximum Gasteiger partial charge on any atom is 0.329 e. The number of nitrogens with zero attached hydrogens (tertiary/aromatic N) is 1. The van der Waals surface area contributed by atoms with E-state index in [0.717, 1.165) is 0 Å². The Bertz CT molecular complexity index is 572. The number of hydrogen-bond acceptors (Lipinski definition) is 4. The topological polar surface area (TPSA) is 104 Å². The van der Waals surface area contributed by atoms with Gasteiger partial charge in [-0.05, 0) is 0 Å². The molecule has 0 amide bonds. The van der Waals surface area contributed by atoms with E-state index in [4.69, 9.17) is 16.7 Å². The molecule has 8 heteroatoms. The molecule has 0 aliphatic carbocycles. The van der Waals surface area contributed by atoms with Gasteiger partial charge in [0.1, 0.15) is 5.02 Å². The first kappa shape index (κ1) is 11.9. The zero-order valence-electron chi connectivity index (χ0n) is 8.70. The van der Waals surface area contributed by atoms with Crippen molar-refractivity contribution in [2.45, 2.75) is 12.0 Å². The molecule has 1 aliphatic rings. The first-order valence-electron chi connectivity index (χ1n) is 4.89. The van der Waals surface area contributed by atoms with E-state index in [1.807, 2.05) is 0 Å². The number of carboxylic acids is 1. The number of halogens is 1. The van der Waals surface area contributed by atoms with Crippen molar-refractivity contribution in [3.8, 4) is 0 Å². The molecule has 3 N–H and O–H groups in total. The van der Waals surface area contributed by atoms with E-state index in [1.54, 1.807) is 0 Å². The molecule has 1 saturated heterocycles. The lowest BCUT2D eigenvalue weighted by molar-refractivity contribution is -0.140. The fourth-order valence-corrected chi connectivity index (χ4v) is 2.02. The zero-order chi connectivity index (χ0) is 12.6. The molecular formula is C9H10ClN3O4. The SMILES string of the molecule is O=C(O)CC1(n2cc(Cl)c(=O)[nH]c2=O)CNC1. The van der Waals surface area contributed by atoms with Crippen LogP contribution in [0.25, 0.3) is 0 Å². The Hall–Kier alpha value is -1.60. The van der Waals surface area contributed by atoms with Crippen LogP contribution in [0, 0.1) is 0 Å². The van der Waals surface area contributed by atoms with E-state index in [9.17, 15) is 14.4 Å². The van der Waals surface area contributed by atoms with Crippen molar-refractivity contribution in [1.29, 1.82) is 0 Å². The predicted octanol–water partition coefficient (Wildman–Crippen LogP) is -1.04. The minimum absolute atomic E-state index is 0.138. The smallest absolute Gasteiger partial charge is 0.329 e. The molecule has 0 radical (unpaired) electrons. The van der Waals surface area contributed by atoms with Crippen LogP contribution in [0.2, 0.25) is 5.02 Å². The highest BCUT2D eigenvalue weighted by atomic mass is 35.5. The predicted molar refractivity (Wildman–Crippen MR) is 59.4 cm³/mol. The molecule has 0 saturated carbocycles. The van der Waals surface area contributed by atoms with Gasteiger partial charge in [0.15, 0.2) is 0 Å². The highest BCUT2D eigenvalue weighted by Crippen LogP contribution is 2.24. The van der Waals surface area contributed by atoms with Crippen LogP contribution in [-0.2, 0) is 10.3 Å². The van der Waals surface area contributed by atoms with Crippen LogP contribution >= 0.6 is 11.6 Å². The third kappa shape index (κ3) is 1.98. The summed E-state index contributed by atoms with van der Waals surface area (Å²) in [7, 11) is 0. The van der Waals surface area contributed by atoms with Crippen LogP contribution in [0.4, 0.5) is 0 Å². The first-order chi connectivity index (χ1) is 7.94. The molecule has 1 aromatic rings. The summed E-state index contributed by atoms with van der Waals surface area (Å²) in [5, 5.41) is 11.6. The molecule has 1 fully saturated rings. The number of hydrogen-bond donors (Lipinski definition) is 3. The van der Waals surface area contributed by atoms with Gasteiger partial charge in [0.25, 0.3) is 5.56 Å². The van der Waals surface area contributed by atoms with Gasteiger partial charge in [-0.2, -0.15) is 0 Å². The summed E-state index contributed by atoms with van der Waals surface area (Å²) in [6.45, 7) is 0.698. The van der Waals surface area contributed by atoms with Crippen molar-refractivity contribution in [1.82, 2.24) is 14.9 Å². The van der Waals surface area contributed by atoms with Crippen molar-refractivity contribution < 1.29 is 9.90 Å². The third-order valence-electron chi connectivity index (χ3n) is 2.80. The summed E-state index contributed by atoms with van der Waals surface area (Å²) >= 11 is 5.64. The van der Waals surface area contributed by atoms with Gasteiger partial charge < -0.3 is 10.4 Å². The summed E-state index contributed by atoms with van der Waals surface area (Å²) in [6.07, 6.45) is 0.981. The Morgan fingerprint density at radius 2 is 2.18 bits per heavy atom. The summed E-state index contributed by atoms with van der Waals surface area (Å²) < 4.78 is 1.18. The molecular weight excluding hydrogens is 250 g/mol. The minimum Gasteiger partial charge on any atom is -0.481 e. The number of nitrogens with one attached hydrogen (secondary N) is 2. The quantitative estimate of drug-likeness (QED) is 0.643. The van der Waals surface area contributed by atoms with Gasteiger partial charge in [0.05, 0.1) is 12.0 Å². The molecule has 0 atom stereocenters. The Morgan fingerprint density at radius 1 is 1.53 bits per heavy atom. The zero-order valence-corrected chi connectivity index (χ0v) is 9.45. The second-order valence-electron chi connectivity index (χ2n) is 4.00. The highest BCUT2D eigenvalue weighted by molar-refractivity contribution is 6.30. The lowest BCUT2D eigenvalue weighted by atomic mass is 9.88. The van der Waals surface area contributed by atoms with E-state index in [2.05, 4.69) is 10.3 Å². The van der Waals surface area contributed by atoms with Gasteiger partial charge in [0, 0.05) is 19.3 Å². The number of aliphatic carboxylic acids is 1. The van der Waals surface area contributed by atoms with Crippen molar-refractivity contribution in [3.05, 3.63) is 32.1 Å². The molecule has 92 valence electrons. The van der Waals surface area contributed by atoms with Crippen molar-refractivity contribution in [2.24, 2.45) is 0 Å². The number of rotatable bonds is 3. The fourth-order valence-electron chi connectivity index (χ4n) is 1.88. The Morgan fingerprint density at radius 3 is 2.65 bits per heavy atom. The Balaban J connectivity index is 2.51. The summed E-state index contributed by atoms with van der Waals surface area (Å²) in [4.78, 5) is 35.6. The molecule has 2 rings (SSSR count). The highest BCUT2D eigenvalue weighted by Gasteiger charge is 2.42. The van der Waals surface area contributed by atoms with Gasteiger partial charge in [-0.25, -0.2) is 4.79 Å². The molecule has 0 unspecified atom stereocenters. The molecule has 17 heavy (non-hydrogen) atoms. The Labute approximate surface area is 100 Å². The molecule has 1 aliphatic heterocycles. The van der Waals surface area contributed by atoms with Crippen LogP contribution in [0.1, 0.15) is 6.42 Å². The number of aromatic amines is 1. The number of aromatic nitrogens is 2. The summed E-state index contributed by atoms with van der Waals surface area (Å²) in [5.41, 5.74) is -2.18. The fraction of sp³-hybridized carbons (Fsp3) is 0.444. The molecule has 0 bridgehead atoms. The third-order valence-corrected chi connectivity index (χ3v) is 3.07. The van der Waals surface area contributed by atoms with Crippen LogP contribution in [0.5, 0.6) is 0 Å². The van der Waals surface area contributed by atoms with E-state index in [1.165, 1.54) is 10.8 Å². The molecule has 2 heterocycles. The van der Waals surface area contributed by atoms with Crippen molar-refractivity contribution in [2.75, 3.05) is 13.1 Å². The first-order valence-corrected chi connectivity index (χ1v) is 5.27. The average Bonchev–Trinajstić information content (AvgIpc) is 2.17. The van der Waals surface area contributed by atoms with Gasteiger partial charge in [-0.1, -0.05) is 11.6 Å². The van der Waals surface area contributed by atoms with Crippen LogP contribution in [-0.4, -0.2) is 33.7 Å². The second kappa shape index (κ2) is 4.01.